The highest BCUT2D eigenvalue weighted by Crippen LogP contribution is 2.31. The lowest BCUT2D eigenvalue weighted by Crippen LogP contribution is -2.25. The summed E-state index contributed by atoms with van der Waals surface area (Å²) in [6, 6.07) is 10.3. The highest BCUT2D eigenvalue weighted by molar-refractivity contribution is 5.15. The second kappa shape index (κ2) is 4.95. The Kier molecular flexibility index (Phi) is 3.59. The number of aliphatic hydroxyl groups excluding tert-OH is 1. The van der Waals surface area contributed by atoms with Gasteiger partial charge < -0.3 is 5.11 Å². The lowest BCUT2D eigenvalue weighted by atomic mass is 9.92. The van der Waals surface area contributed by atoms with Crippen LogP contribution in [0.3, 0.4) is 0 Å². The first-order chi connectivity index (χ1) is 7.72. The fourth-order valence-electron chi connectivity index (χ4n) is 2.03. The lowest BCUT2D eigenvalue weighted by molar-refractivity contribution is -0.326. The van der Waals surface area contributed by atoms with Crippen LogP contribution < -0.4 is 0 Å². The standard InChI is InChI=1S/C13H18O3/c1-13(9-12(10-14)15-16-13)8-7-11-5-3-2-4-6-11/h2-6,12,14H,7-10H2,1H3. The number of aliphatic hydroxyl groups is 1. The van der Waals surface area contributed by atoms with Crippen molar-refractivity contribution in [2.24, 2.45) is 0 Å². The van der Waals surface area contributed by atoms with Gasteiger partial charge >= 0.3 is 0 Å². The van der Waals surface area contributed by atoms with Crippen molar-refractivity contribution in [3.8, 4) is 0 Å². The molecule has 2 rings (SSSR count). The van der Waals surface area contributed by atoms with Gasteiger partial charge in [0.1, 0.15) is 11.7 Å². The minimum absolute atomic E-state index is 0.0287. The first kappa shape index (κ1) is 11.6. The van der Waals surface area contributed by atoms with Crippen LogP contribution in [0.5, 0.6) is 0 Å². The van der Waals surface area contributed by atoms with Gasteiger partial charge in [0, 0.05) is 6.42 Å². The molecule has 1 saturated heterocycles. The van der Waals surface area contributed by atoms with Crippen molar-refractivity contribution in [3.05, 3.63) is 35.9 Å². The largest absolute Gasteiger partial charge is 0.394 e. The van der Waals surface area contributed by atoms with E-state index in [0.29, 0.717) is 0 Å². The molecule has 1 aromatic carbocycles. The van der Waals surface area contributed by atoms with Crippen LogP contribution in [0.25, 0.3) is 0 Å². The van der Waals surface area contributed by atoms with Crippen molar-refractivity contribution in [2.45, 2.75) is 37.9 Å². The van der Waals surface area contributed by atoms with E-state index in [9.17, 15) is 0 Å². The van der Waals surface area contributed by atoms with E-state index in [1.165, 1.54) is 5.56 Å². The van der Waals surface area contributed by atoms with Gasteiger partial charge in [-0.25, -0.2) is 9.78 Å². The first-order valence-electron chi connectivity index (χ1n) is 5.71. The van der Waals surface area contributed by atoms with E-state index in [2.05, 4.69) is 12.1 Å². The Balaban J connectivity index is 1.86. The van der Waals surface area contributed by atoms with Crippen LogP contribution in [-0.4, -0.2) is 23.4 Å². The molecule has 1 aliphatic heterocycles. The summed E-state index contributed by atoms with van der Waals surface area (Å²) in [5.74, 6) is 0. The molecule has 0 spiro atoms. The second-order valence-corrected chi connectivity index (χ2v) is 4.62. The molecule has 0 aliphatic carbocycles. The second-order valence-electron chi connectivity index (χ2n) is 4.62. The van der Waals surface area contributed by atoms with E-state index in [1.54, 1.807) is 0 Å². The van der Waals surface area contributed by atoms with E-state index in [4.69, 9.17) is 14.9 Å². The number of aryl methyl sites for hydroxylation is 1. The quantitative estimate of drug-likeness (QED) is 0.793. The van der Waals surface area contributed by atoms with Gasteiger partial charge in [-0.15, -0.1) is 0 Å². The van der Waals surface area contributed by atoms with Gasteiger partial charge in [-0.2, -0.15) is 0 Å². The summed E-state index contributed by atoms with van der Waals surface area (Å²) in [4.78, 5) is 10.4. The van der Waals surface area contributed by atoms with E-state index in [0.717, 1.165) is 19.3 Å². The zero-order chi connectivity index (χ0) is 11.4. The Labute approximate surface area is 95.9 Å². The highest BCUT2D eigenvalue weighted by atomic mass is 17.2. The predicted octanol–water partition coefficient (Wildman–Crippen LogP) is 2.09. The third kappa shape index (κ3) is 2.82. The van der Waals surface area contributed by atoms with Crippen molar-refractivity contribution in [1.82, 2.24) is 0 Å². The molecule has 2 atom stereocenters. The van der Waals surface area contributed by atoms with Crippen molar-refractivity contribution in [1.29, 1.82) is 0 Å². The van der Waals surface area contributed by atoms with E-state index in [-0.39, 0.29) is 18.3 Å². The van der Waals surface area contributed by atoms with Gasteiger partial charge in [0.25, 0.3) is 0 Å². The molecule has 1 heterocycles. The highest BCUT2D eigenvalue weighted by Gasteiger charge is 2.37. The first-order valence-corrected chi connectivity index (χ1v) is 5.71. The van der Waals surface area contributed by atoms with Gasteiger partial charge in [0.05, 0.1) is 6.61 Å². The van der Waals surface area contributed by atoms with Gasteiger partial charge in [-0.3, -0.25) is 0 Å². The van der Waals surface area contributed by atoms with Gasteiger partial charge in [0.15, 0.2) is 0 Å². The molecule has 0 bridgehead atoms. The van der Waals surface area contributed by atoms with Gasteiger partial charge in [-0.1, -0.05) is 30.3 Å². The number of benzene rings is 1. The SMILES string of the molecule is CC1(CCc2ccccc2)CC(CO)OO1. The minimum atomic E-state index is -0.261. The van der Waals surface area contributed by atoms with Gasteiger partial charge in [0.2, 0.25) is 0 Å². The van der Waals surface area contributed by atoms with E-state index >= 15 is 0 Å². The molecule has 1 N–H and O–H groups in total. The summed E-state index contributed by atoms with van der Waals surface area (Å²) >= 11 is 0. The molecule has 2 unspecified atom stereocenters. The minimum Gasteiger partial charge on any atom is -0.394 e. The fourth-order valence-corrected chi connectivity index (χ4v) is 2.03. The Bertz CT molecular complexity index is 325. The zero-order valence-electron chi connectivity index (χ0n) is 9.56. The molecular weight excluding hydrogens is 204 g/mol. The molecule has 1 aromatic rings. The Morgan fingerprint density at radius 2 is 2.12 bits per heavy atom. The molecule has 3 nitrogen and oxygen atoms in total. The van der Waals surface area contributed by atoms with Crippen LogP contribution in [-0.2, 0) is 16.2 Å². The van der Waals surface area contributed by atoms with Crippen molar-refractivity contribution < 1.29 is 14.9 Å². The molecular formula is C13H18O3. The van der Waals surface area contributed by atoms with Gasteiger partial charge in [-0.05, 0) is 25.3 Å². The monoisotopic (exact) mass is 222 g/mol. The van der Waals surface area contributed by atoms with Crippen molar-refractivity contribution in [2.75, 3.05) is 6.61 Å². The molecule has 1 aliphatic rings. The van der Waals surface area contributed by atoms with Crippen LogP contribution in [0, 0.1) is 0 Å². The molecule has 3 heteroatoms. The summed E-state index contributed by atoms with van der Waals surface area (Å²) in [5.41, 5.74) is 1.04. The normalized spacial score (nSPS) is 29.5. The maximum absolute atomic E-state index is 8.98. The zero-order valence-corrected chi connectivity index (χ0v) is 9.56. The average Bonchev–Trinajstić information content (AvgIpc) is 2.71. The molecule has 1 fully saturated rings. The van der Waals surface area contributed by atoms with Crippen molar-refractivity contribution in [3.63, 3.8) is 0 Å². The number of rotatable bonds is 4. The topological polar surface area (TPSA) is 38.7 Å². The molecule has 88 valence electrons. The molecule has 0 saturated carbocycles. The third-order valence-corrected chi connectivity index (χ3v) is 3.03. The molecule has 16 heavy (non-hydrogen) atoms. The lowest BCUT2D eigenvalue weighted by Gasteiger charge is -2.19. The van der Waals surface area contributed by atoms with E-state index in [1.807, 2.05) is 25.1 Å². The smallest absolute Gasteiger partial charge is 0.119 e. The Hall–Kier alpha value is -0.900. The number of hydrogen-bond donors (Lipinski definition) is 1. The summed E-state index contributed by atoms with van der Waals surface area (Å²) < 4.78 is 0. The fraction of sp³-hybridized carbons (Fsp3) is 0.538. The van der Waals surface area contributed by atoms with Crippen LogP contribution >= 0.6 is 0 Å². The van der Waals surface area contributed by atoms with Crippen LogP contribution in [0.1, 0.15) is 25.3 Å². The van der Waals surface area contributed by atoms with Crippen LogP contribution in [0.2, 0.25) is 0 Å². The average molecular weight is 222 g/mol. The molecule has 0 amide bonds. The summed E-state index contributed by atoms with van der Waals surface area (Å²) in [7, 11) is 0. The van der Waals surface area contributed by atoms with Crippen molar-refractivity contribution >= 4 is 0 Å². The summed E-state index contributed by atoms with van der Waals surface area (Å²) in [5, 5.41) is 8.98. The predicted molar refractivity (Wildman–Crippen MR) is 60.8 cm³/mol. The van der Waals surface area contributed by atoms with Crippen LogP contribution in [0.4, 0.5) is 0 Å². The Morgan fingerprint density at radius 1 is 1.38 bits per heavy atom. The molecule has 0 radical (unpaired) electrons. The van der Waals surface area contributed by atoms with Crippen LogP contribution in [0.15, 0.2) is 30.3 Å². The maximum Gasteiger partial charge on any atom is 0.119 e. The summed E-state index contributed by atoms with van der Waals surface area (Å²) in [6.07, 6.45) is 2.48. The maximum atomic E-state index is 8.98. The Morgan fingerprint density at radius 3 is 2.75 bits per heavy atom. The number of hydrogen-bond acceptors (Lipinski definition) is 3. The summed E-state index contributed by atoms with van der Waals surface area (Å²) in [6.45, 7) is 2.06. The third-order valence-electron chi connectivity index (χ3n) is 3.03. The molecule has 0 aromatic heterocycles. The van der Waals surface area contributed by atoms with E-state index < -0.39 is 0 Å².